The zero-order chi connectivity index (χ0) is 14.4. The Morgan fingerprint density at radius 1 is 1.20 bits per heavy atom. The Bertz CT molecular complexity index is 646. The Hall–Kier alpha value is -1.13. The van der Waals surface area contributed by atoms with E-state index in [0.29, 0.717) is 18.0 Å². The second-order valence-electron chi connectivity index (χ2n) is 6.27. The summed E-state index contributed by atoms with van der Waals surface area (Å²) in [5.74, 6) is 0. The highest BCUT2D eigenvalue weighted by atomic mass is 32.2. The van der Waals surface area contributed by atoms with Crippen molar-refractivity contribution in [3.8, 4) is 0 Å². The van der Waals surface area contributed by atoms with Gasteiger partial charge in [0.05, 0.1) is 4.90 Å². The average molecular weight is 291 g/mol. The maximum absolute atomic E-state index is 12.7. The van der Waals surface area contributed by atoms with Crippen LogP contribution in [0.4, 0.5) is 0 Å². The molecule has 1 aliphatic carbocycles. The number of aryl methyl sites for hydroxylation is 1. The molecule has 0 saturated carbocycles. The predicted octanol–water partition coefficient (Wildman–Crippen LogP) is 3.12. The Labute approximate surface area is 121 Å². The van der Waals surface area contributed by atoms with Crippen LogP contribution in [0.15, 0.2) is 40.8 Å². The summed E-state index contributed by atoms with van der Waals surface area (Å²) in [6.07, 6.45) is 5.59. The van der Waals surface area contributed by atoms with Gasteiger partial charge >= 0.3 is 0 Å². The summed E-state index contributed by atoms with van der Waals surface area (Å²) < 4.78 is 27.1. The van der Waals surface area contributed by atoms with E-state index in [4.69, 9.17) is 0 Å². The molecule has 0 aromatic heterocycles. The Balaban J connectivity index is 1.92. The quantitative estimate of drug-likeness (QED) is 0.785. The molecule has 0 spiro atoms. The average Bonchev–Trinajstić information content (AvgIpc) is 2.77. The molecule has 1 unspecified atom stereocenters. The first kappa shape index (κ1) is 13.8. The van der Waals surface area contributed by atoms with Crippen molar-refractivity contribution in [2.45, 2.75) is 38.0 Å². The summed E-state index contributed by atoms with van der Waals surface area (Å²) in [5.41, 5.74) is 2.43. The molecule has 1 aromatic rings. The van der Waals surface area contributed by atoms with Gasteiger partial charge in [0.1, 0.15) is 0 Å². The van der Waals surface area contributed by atoms with Crippen molar-refractivity contribution < 1.29 is 8.42 Å². The first-order valence-corrected chi connectivity index (χ1v) is 8.62. The summed E-state index contributed by atoms with van der Waals surface area (Å²) in [5, 5.41) is 0. The van der Waals surface area contributed by atoms with E-state index in [-0.39, 0.29) is 5.41 Å². The molecule has 0 amide bonds. The number of fused-ring (bicyclic) bond motifs is 1. The maximum atomic E-state index is 12.7. The smallest absolute Gasteiger partial charge is 0.207 e. The number of rotatable bonds is 2. The number of sulfonamides is 1. The summed E-state index contributed by atoms with van der Waals surface area (Å²) >= 11 is 0. The van der Waals surface area contributed by atoms with Crippen molar-refractivity contribution in [1.29, 1.82) is 0 Å². The van der Waals surface area contributed by atoms with E-state index in [0.717, 1.165) is 18.4 Å². The molecule has 1 aromatic carbocycles. The number of nitrogens with zero attached hydrogens (tertiary/aromatic N) is 1. The van der Waals surface area contributed by atoms with Crippen molar-refractivity contribution in [1.82, 2.24) is 4.31 Å². The molecule has 0 bridgehead atoms. The van der Waals surface area contributed by atoms with Crippen LogP contribution in [0.1, 0.15) is 31.7 Å². The van der Waals surface area contributed by atoms with Crippen LogP contribution in [0.5, 0.6) is 0 Å². The SMILES string of the molecule is Cc1ccc(S(=O)(=O)N2CC3=CCCCC3(C)C2)cc1. The topological polar surface area (TPSA) is 37.4 Å². The minimum Gasteiger partial charge on any atom is -0.207 e. The van der Waals surface area contributed by atoms with Crippen LogP contribution >= 0.6 is 0 Å². The van der Waals surface area contributed by atoms with E-state index < -0.39 is 10.0 Å². The second-order valence-corrected chi connectivity index (χ2v) is 8.21. The van der Waals surface area contributed by atoms with Gasteiger partial charge in [0, 0.05) is 18.5 Å². The lowest BCUT2D eigenvalue weighted by molar-refractivity contribution is 0.334. The minimum atomic E-state index is -3.36. The highest BCUT2D eigenvalue weighted by Crippen LogP contribution is 2.44. The van der Waals surface area contributed by atoms with Gasteiger partial charge in [-0.25, -0.2) is 8.42 Å². The molecule has 1 heterocycles. The van der Waals surface area contributed by atoms with E-state index in [9.17, 15) is 8.42 Å². The van der Waals surface area contributed by atoms with Crippen LogP contribution in [0.3, 0.4) is 0 Å². The van der Waals surface area contributed by atoms with Gasteiger partial charge < -0.3 is 0 Å². The second kappa shape index (κ2) is 4.71. The molecule has 2 aliphatic rings. The first-order chi connectivity index (χ1) is 9.42. The van der Waals surface area contributed by atoms with Crippen molar-refractivity contribution in [2.75, 3.05) is 13.1 Å². The van der Waals surface area contributed by atoms with Gasteiger partial charge in [0.25, 0.3) is 0 Å². The fourth-order valence-electron chi connectivity index (χ4n) is 3.28. The standard InChI is InChI=1S/C16H21NO2S/c1-13-6-8-15(9-7-13)20(18,19)17-11-14-5-3-4-10-16(14,2)12-17/h5-9H,3-4,10-12H2,1-2H3. The molecule has 108 valence electrons. The summed E-state index contributed by atoms with van der Waals surface area (Å²) in [4.78, 5) is 0.408. The predicted molar refractivity (Wildman–Crippen MR) is 80.0 cm³/mol. The largest absolute Gasteiger partial charge is 0.243 e. The van der Waals surface area contributed by atoms with Crippen molar-refractivity contribution in [2.24, 2.45) is 5.41 Å². The Kier molecular flexibility index (Phi) is 3.26. The molecular weight excluding hydrogens is 270 g/mol. The zero-order valence-electron chi connectivity index (χ0n) is 12.1. The van der Waals surface area contributed by atoms with Crippen LogP contribution in [-0.2, 0) is 10.0 Å². The van der Waals surface area contributed by atoms with Crippen LogP contribution in [0, 0.1) is 12.3 Å². The van der Waals surface area contributed by atoms with E-state index in [1.165, 1.54) is 12.0 Å². The van der Waals surface area contributed by atoms with Crippen LogP contribution in [0.2, 0.25) is 0 Å². The lowest BCUT2D eigenvalue weighted by atomic mass is 9.76. The third-order valence-electron chi connectivity index (χ3n) is 4.63. The Morgan fingerprint density at radius 2 is 1.90 bits per heavy atom. The molecule has 0 N–H and O–H groups in total. The zero-order valence-corrected chi connectivity index (χ0v) is 12.9. The lowest BCUT2D eigenvalue weighted by Crippen LogP contribution is -2.31. The van der Waals surface area contributed by atoms with Gasteiger partial charge in [0.15, 0.2) is 0 Å². The molecule has 20 heavy (non-hydrogen) atoms. The number of benzene rings is 1. The number of hydrogen-bond acceptors (Lipinski definition) is 2. The molecule has 1 fully saturated rings. The van der Waals surface area contributed by atoms with Gasteiger partial charge in [-0.05, 0) is 38.3 Å². The van der Waals surface area contributed by atoms with Crippen LogP contribution in [-0.4, -0.2) is 25.8 Å². The number of allylic oxidation sites excluding steroid dienone is 1. The number of hydrogen-bond donors (Lipinski definition) is 0. The van der Waals surface area contributed by atoms with Crippen LogP contribution in [0.25, 0.3) is 0 Å². The molecule has 4 heteroatoms. The van der Waals surface area contributed by atoms with Gasteiger partial charge in [-0.2, -0.15) is 4.31 Å². The van der Waals surface area contributed by atoms with E-state index in [1.54, 1.807) is 16.4 Å². The van der Waals surface area contributed by atoms with E-state index >= 15 is 0 Å². The summed E-state index contributed by atoms with van der Waals surface area (Å²) in [7, 11) is -3.36. The highest BCUT2D eigenvalue weighted by Gasteiger charge is 2.43. The van der Waals surface area contributed by atoms with Crippen molar-refractivity contribution in [3.63, 3.8) is 0 Å². The molecule has 3 rings (SSSR count). The van der Waals surface area contributed by atoms with Gasteiger partial charge in [-0.15, -0.1) is 0 Å². The minimum absolute atomic E-state index is 0.0516. The third-order valence-corrected chi connectivity index (χ3v) is 6.44. The summed E-state index contributed by atoms with van der Waals surface area (Å²) in [6, 6.07) is 7.14. The molecule has 0 radical (unpaired) electrons. The van der Waals surface area contributed by atoms with E-state index in [2.05, 4.69) is 13.0 Å². The van der Waals surface area contributed by atoms with Crippen molar-refractivity contribution in [3.05, 3.63) is 41.5 Å². The molecule has 3 nitrogen and oxygen atoms in total. The monoisotopic (exact) mass is 291 g/mol. The van der Waals surface area contributed by atoms with Gasteiger partial charge in [-0.3, -0.25) is 0 Å². The lowest BCUT2D eigenvalue weighted by Gasteiger charge is -2.28. The van der Waals surface area contributed by atoms with Gasteiger partial charge in [-0.1, -0.05) is 36.3 Å². The fourth-order valence-corrected chi connectivity index (χ4v) is 4.82. The molecule has 1 saturated heterocycles. The highest BCUT2D eigenvalue weighted by molar-refractivity contribution is 7.89. The van der Waals surface area contributed by atoms with Gasteiger partial charge in [0.2, 0.25) is 10.0 Å². The van der Waals surface area contributed by atoms with Crippen molar-refractivity contribution >= 4 is 10.0 Å². The van der Waals surface area contributed by atoms with Crippen LogP contribution < -0.4 is 0 Å². The maximum Gasteiger partial charge on any atom is 0.243 e. The first-order valence-electron chi connectivity index (χ1n) is 7.18. The van der Waals surface area contributed by atoms with E-state index in [1.807, 2.05) is 19.1 Å². The summed E-state index contributed by atoms with van der Waals surface area (Å²) in [6.45, 7) is 5.34. The Morgan fingerprint density at radius 3 is 2.55 bits per heavy atom. The fraction of sp³-hybridized carbons (Fsp3) is 0.500. The molecular formula is C16H21NO2S. The molecule has 1 aliphatic heterocycles. The molecule has 1 atom stereocenters. The third kappa shape index (κ3) is 2.21. The normalized spacial score (nSPS) is 27.2.